The molecule has 0 heterocycles. The molecule has 1 saturated carbocycles. The summed E-state index contributed by atoms with van der Waals surface area (Å²) < 4.78 is 13.2. The van der Waals surface area contributed by atoms with Gasteiger partial charge in [-0.15, -0.1) is 0 Å². The van der Waals surface area contributed by atoms with E-state index in [1.807, 2.05) is 0 Å². The van der Waals surface area contributed by atoms with Crippen LogP contribution in [0.2, 0.25) is 36.3 Å². The molecule has 4 nitrogen and oxygen atoms in total. The second-order valence-corrected chi connectivity index (χ2v) is 20.4. The van der Waals surface area contributed by atoms with Crippen LogP contribution in [-0.2, 0) is 13.6 Å². The first kappa shape index (κ1) is 24.6. The zero-order valence-electron chi connectivity index (χ0n) is 19.4. The molecule has 0 aliphatic heterocycles. The minimum absolute atomic E-state index is 0.0379. The van der Waals surface area contributed by atoms with Crippen molar-refractivity contribution >= 4 is 22.4 Å². The highest BCUT2D eigenvalue weighted by molar-refractivity contribution is 6.74. The van der Waals surface area contributed by atoms with Crippen LogP contribution in [0.15, 0.2) is 11.3 Å². The minimum atomic E-state index is -2.09. The first-order chi connectivity index (χ1) is 11.9. The Morgan fingerprint density at radius 2 is 1.48 bits per heavy atom. The maximum absolute atomic E-state index is 12.2. The van der Waals surface area contributed by atoms with Crippen molar-refractivity contribution in [2.45, 2.75) is 116 Å². The Bertz CT molecular complexity index is 580. The van der Waals surface area contributed by atoms with E-state index in [0.717, 1.165) is 11.3 Å². The van der Waals surface area contributed by atoms with Gasteiger partial charge < -0.3 is 14.0 Å². The highest BCUT2D eigenvalue weighted by Crippen LogP contribution is 2.43. The average molecular weight is 415 g/mol. The van der Waals surface area contributed by atoms with Crippen LogP contribution in [0.4, 0.5) is 0 Å². The Labute approximate surface area is 169 Å². The third-order valence-electron chi connectivity index (χ3n) is 6.61. The molecule has 0 aromatic rings. The van der Waals surface area contributed by atoms with Gasteiger partial charge in [-0.25, -0.2) is 0 Å². The normalized spacial score (nSPS) is 24.8. The fourth-order valence-corrected chi connectivity index (χ4v) is 5.20. The number of hydrogen-bond donors (Lipinski definition) is 1. The average Bonchev–Trinajstić information content (AvgIpc) is 2.42. The number of aliphatic hydroxyl groups excluding tert-OH is 1. The van der Waals surface area contributed by atoms with Crippen LogP contribution >= 0.6 is 0 Å². The molecule has 158 valence electrons. The van der Waals surface area contributed by atoms with Crippen LogP contribution in [0.1, 0.15) is 67.7 Å². The molecule has 0 bridgehead atoms. The number of ketones is 1. The van der Waals surface area contributed by atoms with E-state index in [0.29, 0.717) is 12.8 Å². The van der Waals surface area contributed by atoms with Gasteiger partial charge in [-0.2, -0.15) is 0 Å². The molecule has 0 aromatic carbocycles. The number of aliphatic hydroxyl groups is 1. The van der Waals surface area contributed by atoms with E-state index >= 15 is 0 Å². The van der Waals surface area contributed by atoms with E-state index in [9.17, 15) is 9.90 Å². The Balaban J connectivity index is 3.37. The third kappa shape index (κ3) is 5.78. The standard InChI is InChI=1S/C21H42O4Si2/c1-12-17(24-26(8,9)20(2,3)4)19-16(23)13-15(22)14-18(19)25-27(10,11)21(5,6)7/h16,18,23H,12-14H2,1-11H3/t16-,18-/m1/s1. The molecule has 1 rings (SSSR count). The lowest BCUT2D eigenvalue weighted by atomic mass is 9.87. The van der Waals surface area contributed by atoms with Crippen LogP contribution in [0.5, 0.6) is 0 Å². The molecule has 1 aliphatic carbocycles. The molecular formula is C21H42O4Si2. The van der Waals surface area contributed by atoms with E-state index in [-0.39, 0.29) is 28.4 Å². The summed E-state index contributed by atoms with van der Waals surface area (Å²) in [4.78, 5) is 12.2. The Morgan fingerprint density at radius 1 is 1.00 bits per heavy atom. The van der Waals surface area contributed by atoms with Crippen LogP contribution in [0.3, 0.4) is 0 Å². The number of hydrogen-bond acceptors (Lipinski definition) is 4. The molecule has 2 atom stereocenters. The number of Topliss-reactive ketones (excluding diaryl/α,β-unsaturated/α-hetero) is 1. The quantitative estimate of drug-likeness (QED) is 0.457. The lowest BCUT2D eigenvalue weighted by molar-refractivity contribution is -0.124. The van der Waals surface area contributed by atoms with Gasteiger partial charge in [0.2, 0.25) is 8.32 Å². The van der Waals surface area contributed by atoms with Gasteiger partial charge in [0, 0.05) is 24.8 Å². The second-order valence-electron chi connectivity index (χ2n) is 10.9. The number of allylic oxidation sites excluding steroid dienone is 1. The van der Waals surface area contributed by atoms with E-state index < -0.39 is 22.7 Å². The van der Waals surface area contributed by atoms with Crippen molar-refractivity contribution in [3.05, 3.63) is 11.3 Å². The lowest BCUT2D eigenvalue weighted by Gasteiger charge is -2.43. The second kappa shape index (κ2) is 8.13. The Hall–Kier alpha value is -0.436. The first-order valence-corrected chi connectivity index (χ1v) is 16.0. The van der Waals surface area contributed by atoms with Gasteiger partial charge in [0.05, 0.1) is 18.0 Å². The Morgan fingerprint density at radius 3 is 1.89 bits per heavy atom. The largest absolute Gasteiger partial charge is 0.546 e. The van der Waals surface area contributed by atoms with Gasteiger partial charge in [0.15, 0.2) is 8.32 Å². The van der Waals surface area contributed by atoms with Crippen molar-refractivity contribution in [1.29, 1.82) is 0 Å². The number of rotatable bonds is 5. The number of carbonyl (C=O) groups excluding carboxylic acids is 1. The van der Waals surface area contributed by atoms with Gasteiger partial charge in [-0.1, -0.05) is 48.5 Å². The van der Waals surface area contributed by atoms with Crippen molar-refractivity contribution in [2.75, 3.05) is 0 Å². The van der Waals surface area contributed by atoms with Crippen molar-refractivity contribution in [3.63, 3.8) is 0 Å². The van der Waals surface area contributed by atoms with Crippen LogP contribution in [0, 0.1) is 0 Å². The highest BCUT2D eigenvalue weighted by Gasteiger charge is 2.45. The molecule has 1 fully saturated rings. The molecular weight excluding hydrogens is 372 g/mol. The van der Waals surface area contributed by atoms with Gasteiger partial charge in [0.1, 0.15) is 5.78 Å². The summed E-state index contributed by atoms with van der Waals surface area (Å²) in [5.74, 6) is 0.906. The summed E-state index contributed by atoms with van der Waals surface area (Å²) in [5, 5.41) is 10.9. The molecule has 0 unspecified atom stereocenters. The van der Waals surface area contributed by atoms with E-state index in [1.165, 1.54) is 0 Å². The molecule has 27 heavy (non-hydrogen) atoms. The maximum Gasteiger partial charge on any atom is 0.250 e. The predicted molar refractivity (Wildman–Crippen MR) is 118 cm³/mol. The molecule has 1 N–H and O–H groups in total. The van der Waals surface area contributed by atoms with Crippen LogP contribution in [0.25, 0.3) is 0 Å². The molecule has 6 heteroatoms. The van der Waals surface area contributed by atoms with Crippen molar-refractivity contribution < 1.29 is 18.8 Å². The summed E-state index contributed by atoms with van der Waals surface area (Å²) in [7, 11) is -4.13. The van der Waals surface area contributed by atoms with Gasteiger partial charge in [-0.3, -0.25) is 4.79 Å². The molecule has 0 aromatic heterocycles. The fraction of sp³-hybridized carbons (Fsp3) is 0.857. The molecule has 0 saturated heterocycles. The predicted octanol–water partition coefficient (Wildman–Crippen LogP) is 5.79. The lowest BCUT2D eigenvalue weighted by Crippen LogP contribution is -2.48. The van der Waals surface area contributed by atoms with Crippen LogP contribution in [-0.4, -0.2) is 39.7 Å². The summed E-state index contributed by atoms with van der Waals surface area (Å²) in [6.07, 6.45) is 0.0210. The summed E-state index contributed by atoms with van der Waals surface area (Å²) in [6.45, 7) is 24.1. The molecule has 0 spiro atoms. The summed E-state index contributed by atoms with van der Waals surface area (Å²) in [5.41, 5.74) is 0.812. The molecule has 1 aliphatic rings. The van der Waals surface area contributed by atoms with Gasteiger partial charge in [-0.05, 0) is 36.3 Å². The fourth-order valence-electron chi connectivity index (χ4n) is 2.74. The molecule has 0 amide bonds. The molecule has 0 radical (unpaired) electrons. The summed E-state index contributed by atoms with van der Waals surface area (Å²) >= 11 is 0. The van der Waals surface area contributed by atoms with Gasteiger partial charge >= 0.3 is 0 Å². The topological polar surface area (TPSA) is 55.8 Å². The maximum atomic E-state index is 12.2. The Kier molecular flexibility index (Phi) is 7.41. The monoisotopic (exact) mass is 414 g/mol. The van der Waals surface area contributed by atoms with Crippen molar-refractivity contribution in [3.8, 4) is 0 Å². The third-order valence-corrected chi connectivity index (χ3v) is 15.5. The first-order valence-electron chi connectivity index (χ1n) is 10.2. The smallest absolute Gasteiger partial charge is 0.250 e. The van der Waals surface area contributed by atoms with Gasteiger partial charge in [0.25, 0.3) is 0 Å². The number of carbonyl (C=O) groups is 1. The van der Waals surface area contributed by atoms with Crippen molar-refractivity contribution in [1.82, 2.24) is 0 Å². The van der Waals surface area contributed by atoms with Crippen LogP contribution < -0.4 is 0 Å². The van der Waals surface area contributed by atoms with E-state index in [1.54, 1.807) is 0 Å². The SMILES string of the molecule is CCC(O[Si](C)(C)C(C)(C)C)=C1[C@H](O)CC(=O)C[C@H]1O[Si](C)(C)C(C)(C)C. The zero-order chi connectivity index (χ0) is 21.4. The van der Waals surface area contributed by atoms with E-state index in [2.05, 4.69) is 74.7 Å². The van der Waals surface area contributed by atoms with E-state index in [4.69, 9.17) is 8.85 Å². The highest BCUT2D eigenvalue weighted by atomic mass is 28.4. The minimum Gasteiger partial charge on any atom is -0.546 e. The van der Waals surface area contributed by atoms with Crippen molar-refractivity contribution in [2.24, 2.45) is 0 Å². The summed E-state index contributed by atoms with van der Waals surface area (Å²) in [6, 6.07) is 0. The zero-order valence-corrected chi connectivity index (χ0v) is 21.4.